The molecule has 23 heavy (non-hydrogen) atoms. The van der Waals surface area contributed by atoms with Crippen molar-refractivity contribution in [3.63, 3.8) is 0 Å². The van der Waals surface area contributed by atoms with Crippen molar-refractivity contribution in [2.45, 2.75) is 4.90 Å². The molecule has 0 saturated carbocycles. The number of halogens is 1. The smallest absolute Gasteiger partial charge is 0.175 e. The molecule has 1 heterocycles. The maximum Gasteiger partial charge on any atom is 0.175 e. The second-order valence-corrected chi connectivity index (χ2v) is 8.17. The van der Waals surface area contributed by atoms with Crippen molar-refractivity contribution in [2.24, 2.45) is 0 Å². The van der Waals surface area contributed by atoms with Crippen LogP contribution in [0, 0.1) is 0 Å². The van der Waals surface area contributed by atoms with Gasteiger partial charge in [0, 0.05) is 48.8 Å². The van der Waals surface area contributed by atoms with Gasteiger partial charge in [-0.1, -0.05) is 17.7 Å². The maximum absolute atomic E-state index is 11.5. The standard InChI is InChI=1S/C17H19ClN2O2S/c1-23(21,22)17-7-5-15(6-8-17)19-9-11-20(12-10-19)16-4-2-3-14(18)13-16/h2-8,13H,9-12H2,1H3. The lowest BCUT2D eigenvalue weighted by Crippen LogP contribution is -2.46. The summed E-state index contributed by atoms with van der Waals surface area (Å²) in [6.45, 7) is 3.61. The van der Waals surface area contributed by atoms with Gasteiger partial charge >= 0.3 is 0 Å². The van der Waals surface area contributed by atoms with Crippen LogP contribution in [0.1, 0.15) is 0 Å². The van der Waals surface area contributed by atoms with E-state index in [9.17, 15) is 8.42 Å². The van der Waals surface area contributed by atoms with E-state index in [1.54, 1.807) is 12.1 Å². The normalized spacial score (nSPS) is 15.7. The molecule has 1 aliphatic rings. The molecular formula is C17H19ClN2O2S. The molecule has 0 spiro atoms. The molecule has 6 heteroatoms. The van der Waals surface area contributed by atoms with Gasteiger partial charge in [0.25, 0.3) is 0 Å². The Morgan fingerprint density at radius 1 is 0.870 bits per heavy atom. The van der Waals surface area contributed by atoms with Crippen LogP contribution >= 0.6 is 11.6 Å². The van der Waals surface area contributed by atoms with E-state index in [-0.39, 0.29) is 0 Å². The summed E-state index contributed by atoms with van der Waals surface area (Å²) in [6.07, 6.45) is 1.23. The Hall–Kier alpha value is -1.72. The molecule has 0 radical (unpaired) electrons. The lowest BCUT2D eigenvalue weighted by atomic mass is 10.2. The molecule has 2 aromatic carbocycles. The van der Waals surface area contributed by atoms with E-state index in [2.05, 4.69) is 15.9 Å². The van der Waals surface area contributed by atoms with Gasteiger partial charge in [-0.25, -0.2) is 8.42 Å². The molecule has 0 aliphatic carbocycles. The topological polar surface area (TPSA) is 40.6 Å². The molecule has 0 bridgehead atoms. The summed E-state index contributed by atoms with van der Waals surface area (Å²) in [5, 5.41) is 0.751. The summed E-state index contributed by atoms with van der Waals surface area (Å²) in [5.74, 6) is 0. The van der Waals surface area contributed by atoms with Crippen LogP contribution in [0.3, 0.4) is 0 Å². The first kappa shape index (κ1) is 16.1. The zero-order valence-corrected chi connectivity index (χ0v) is 14.5. The molecule has 3 rings (SSSR count). The first-order valence-electron chi connectivity index (χ1n) is 7.49. The second kappa shape index (κ2) is 6.42. The highest BCUT2D eigenvalue weighted by Crippen LogP contribution is 2.23. The molecule has 1 saturated heterocycles. The van der Waals surface area contributed by atoms with Crippen LogP contribution in [-0.2, 0) is 9.84 Å². The van der Waals surface area contributed by atoms with Gasteiger partial charge in [-0.05, 0) is 42.5 Å². The molecule has 1 fully saturated rings. The lowest BCUT2D eigenvalue weighted by molar-refractivity contribution is 0.602. The van der Waals surface area contributed by atoms with E-state index < -0.39 is 9.84 Å². The summed E-state index contributed by atoms with van der Waals surface area (Å²) >= 11 is 6.05. The summed E-state index contributed by atoms with van der Waals surface area (Å²) in [6, 6.07) is 15.0. The Balaban J connectivity index is 1.67. The highest BCUT2D eigenvalue weighted by molar-refractivity contribution is 7.90. The molecule has 1 aliphatic heterocycles. The van der Waals surface area contributed by atoms with Gasteiger partial charge in [-0.3, -0.25) is 0 Å². The molecule has 122 valence electrons. The SMILES string of the molecule is CS(=O)(=O)c1ccc(N2CCN(c3cccc(Cl)c3)CC2)cc1. The number of rotatable bonds is 3. The van der Waals surface area contributed by atoms with Gasteiger partial charge in [-0.15, -0.1) is 0 Å². The number of hydrogen-bond acceptors (Lipinski definition) is 4. The van der Waals surface area contributed by atoms with Gasteiger partial charge in [0.2, 0.25) is 0 Å². The third-order valence-electron chi connectivity index (χ3n) is 4.08. The first-order chi connectivity index (χ1) is 10.9. The van der Waals surface area contributed by atoms with Crippen LogP contribution in [0.5, 0.6) is 0 Å². The third-order valence-corrected chi connectivity index (χ3v) is 5.45. The predicted molar refractivity (Wildman–Crippen MR) is 95.4 cm³/mol. The van der Waals surface area contributed by atoms with E-state index >= 15 is 0 Å². The summed E-state index contributed by atoms with van der Waals surface area (Å²) < 4.78 is 23.0. The van der Waals surface area contributed by atoms with Crippen molar-refractivity contribution in [1.29, 1.82) is 0 Å². The number of benzene rings is 2. The zero-order valence-electron chi connectivity index (χ0n) is 12.9. The van der Waals surface area contributed by atoms with Crippen molar-refractivity contribution in [3.8, 4) is 0 Å². The van der Waals surface area contributed by atoms with Gasteiger partial charge in [0.15, 0.2) is 9.84 Å². The van der Waals surface area contributed by atoms with E-state index in [1.807, 2.05) is 30.3 Å². The fraction of sp³-hybridized carbons (Fsp3) is 0.294. The Bertz CT molecular complexity index is 782. The Morgan fingerprint density at radius 3 is 1.96 bits per heavy atom. The van der Waals surface area contributed by atoms with Crippen LogP contribution in [-0.4, -0.2) is 40.9 Å². The van der Waals surface area contributed by atoms with E-state index in [0.717, 1.165) is 42.6 Å². The molecule has 0 aromatic heterocycles. The van der Waals surface area contributed by atoms with Crippen molar-refractivity contribution >= 4 is 32.8 Å². The highest BCUT2D eigenvalue weighted by atomic mass is 35.5. The van der Waals surface area contributed by atoms with Crippen molar-refractivity contribution in [2.75, 3.05) is 42.2 Å². The number of sulfone groups is 1. The van der Waals surface area contributed by atoms with Crippen molar-refractivity contribution in [1.82, 2.24) is 0 Å². The average molecular weight is 351 g/mol. The Kier molecular flexibility index (Phi) is 4.50. The third kappa shape index (κ3) is 3.79. The molecule has 0 N–H and O–H groups in total. The minimum Gasteiger partial charge on any atom is -0.368 e. The first-order valence-corrected chi connectivity index (χ1v) is 9.76. The molecule has 0 amide bonds. The van der Waals surface area contributed by atoms with Gasteiger partial charge < -0.3 is 9.80 Å². The fourth-order valence-electron chi connectivity index (χ4n) is 2.80. The zero-order chi connectivity index (χ0) is 16.4. The van der Waals surface area contributed by atoms with Crippen LogP contribution in [0.15, 0.2) is 53.4 Å². The van der Waals surface area contributed by atoms with E-state index in [0.29, 0.717) is 4.90 Å². The van der Waals surface area contributed by atoms with Crippen LogP contribution < -0.4 is 9.80 Å². The van der Waals surface area contributed by atoms with Crippen LogP contribution in [0.2, 0.25) is 5.02 Å². The number of anilines is 2. The minimum atomic E-state index is -3.14. The van der Waals surface area contributed by atoms with Gasteiger partial charge in [0.05, 0.1) is 4.90 Å². The largest absolute Gasteiger partial charge is 0.368 e. The van der Waals surface area contributed by atoms with Gasteiger partial charge in [-0.2, -0.15) is 0 Å². The molecule has 4 nitrogen and oxygen atoms in total. The highest BCUT2D eigenvalue weighted by Gasteiger charge is 2.18. The minimum absolute atomic E-state index is 0.360. The van der Waals surface area contributed by atoms with E-state index in [1.165, 1.54) is 6.26 Å². The Labute approximate surface area is 142 Å². The average Bonchev–Trinajstić information content (AvgIpc) is 2.54. The summed E-state index contributed by atoms with van der Waals surface area (Å²) in [5.41, 5.74) is 2.20. The molecule has 2 aromatic rings. The van der Waals surface area contributed by atoms with Crippen LogP contribution in [0.25, 0.3) is 0 Å². The molecular weight excluding hydrogens is 332 g/mol. The number of hydrogen-bond donors (Lipinski definition) is 0. The second-order valence-electron chi connectivity index (χ2n) is 5.72. The maximum atomic E-state index is 11.5. The van der Waals surface area contributed by atoms with Gasteiger partial charge in [0.1, 0.15) is 0 Å². The van der Waals surface area contributed by atoms with Crippen molar-refractivity contribution < 1.29 is 8.42 Å². The van der Waals surface area contributed by atoms with Crippen molar-refractivity contribution in [3.05, 3.63) is 53.6 Å². The number of piperazine rings is 1. The quantitative estimate of drug-likeness (QED) is 0.853. The monoisotopic (exact) mass is 350 g/mol. The summed E-state index contributed by atoms with van der Waals surface area (Å²) in [7, 11) is -3.14. The fourth-order valence-corrected chi connectivity index (χ4v) is 3.61. The summed E-state index contributed by atoms with van der Waals surface area (Å²) in [4.78, 5) is 4.94. The number of nitrogens with zero attached hydrogens (tertiary/aromatic N) is 2. The Morgan fingerprint density at radius 2 is 1.43 bits per heavy atom. The van der Waals surface area contributed by atoms with E-state index in [4.69, 9.17) is 11.6 Å². The lowest BCUT2D eigenvalue weighted by Gasteiger charge is -2.37. The predicted octanol–water partition coefficient (Wildman–Crippen LogP) is 3.07. The van der Waals surface area contributed by atoms with Crippen LogP contribution in [0.4, 0.5) is 11.4 Å². The molecule has 0 atom stereocenters. The molecule has 0 unspecified atom stereocenters.